The van der Waals surface area contributed by atoms with Crippen molar-refractivity contribution in [2.24, 2.45) is 0 Å². The smallest absolute Gasteiger partial charge is 0.264 e. The van der Waals surface area contributed by atoms with Crippen LogP contribution in [0.25, 0.3) is 0 Å². The van der Waals surface area contributed by atoms with Gasteiger partial charge >= 0.3 is 0 Å². The summed E-state index contributed by atoms with van der Waals surface area (Å²) < 4.78 is 28.0. The molecule has 3 aromatic rings. The molecule has 1 aliphatic rings. The van der Waals surface area contributed by atoms with Crippen LogP contribution in [0.2, 0.25) is 0 Å². The molecule has 0 atom stereocenters. The van der Waals surface area contributed by atoms with Crippen molar-refractivity contribution in [1.29, 1.82) is 0 Å². The first kappa shape index (κ1) is 18.5. The Morgan fingerprint density at radius 2 is 1.54 bits per heavy atom. The van der Waals surface area contributed by atoms with Crippen LogP contribution in [-0.4, -0.2) is 26.5 Å². The minimum absolute atomic E-state index is 0.305. The summed E-state index contributed by atoms with van der Waals surface area (Å²) in [6.45, 7) is 5.68. The second-order valence-corrected chi connectivity index (χ2v) is 9.01. The number of aromatic nitrogens is 1. The second-order valence-electron chi connectivity index (χ2n) is 7.14. The number of hydrogen-bond acceptors (Lipinski definition) is 4. The van der Waals surface area contributed by atoms with Crippen molar-refractivity contribution in [2.45, 2.75) is 25.3 Å². The summed E-state index contributed by atoms with van der Waals surface area (Å²) in [6, 6.07) is 19.0. The molecular formula is C22H23N3O2S. The van der Waals surface area contributed by atoms with Gasteiger partial charge in [-0.05, 0) is 43.7 Å². The normalized spacial score (nSPS) is 14.1. The zero-order valence-corrected chi connectivity index (χ0v) is 16.9. The van der Waals surface area contributed by atoms with Gasteiger partial charge in [-0.15, -0.1) is 0 Å². The Morgan fingerprint density at radius 1 is 0.893 bits per heavy atom. The second kappa shape index (κ2) is 7.28. The molecule has 28 heavy (non-hydrogen) atoms. The standard InChI is InChI=1S/C22H23N3O2S/c1-17-5-9-19(10-6-17)16-24-14-15-25(21-4-3-13-23-22(21)24)28(26,27)20-11-7-18(2)8-12-20/h3-13H,14-16H2,1-2H3. The summed E-state index contributed by atoms with van der Waals surface area (Å²) in [4.78, 5) is 6.95. The van der Waals surface area contributed by atoms with E-state index in [2.05, 4.69) is 41.1 Å². The first-order chi connectivity index (χ1) is 13.4. The monoisotopic (exact) mass is 393 g/mol. The molecule has 0 unspecified atom stereocenters. The Hall–Kier alpha value is -2.86. The van der Waals surface area contributed by atoms with E-state index in [-0.39, 0.29) is 0 Å². The summed E-state index contributed by atoms with van der Waals surface area (Å²) in [7, 11) is -3.63. The molecule has 144 valence electrons. The van der Waals surface area contributed by atoms with Crippen LogP contribution in [0.4, 0.5) is 11.5 Å². The molecule has 2 heterocycles. The van der Waals surface area contributed by atoms with Gasteiger partial charge < -0.3 is 4.90 Å². The minimum Gasteiger partial charge on any atom is -0.349 e. The third kappa shape index (κ3) is 3.47. The fourth-order valence-corrected chi connectivity index (χ4v) is 4.88. The maximum absolute atomic E-state index is 13.2. The third-order valence-electron chi connectivity index (χ3n) is 5.01. The van der Waals surface area contributed by atoms with Crippen molar-refractivity contribution in [3.8, 4) is 0 Å². The molecular weight excluding hydrogens is 370 g/mol. The highest BCUT2D eigenvalue weighted by molar-refractivity contribution is 7.92. The van der Waals surface area contributed by atoms with Crippen LogP contribution >= 0.6 is 0 Å². The average Bonchev–Trinajstić information content (AvgIpc) is 2.70. The van der Waals surface area contributed by atoms with Gasteiger partial charge in [0.15, 0.2) is 5.82 Å². The van der Waals surface area contributed by atoms with Crippen molar-refractivity contribution in [3.05, 3.63) is 83.6 Å². The lowest BCUT2D eigenvalue weighted by Gasteiger charge is -2.37. The number of benzene rings is 2. The number of hydrogen-bond donors (Lipinski definition) is 0. The number of nitrogens with zero attached hydrogens (tertiary/aromatic N) is 3. The van der Waals surface area contributed by atoms with E-state index in [0.717, 1.165) is 5.56 Å². The third-order valence-corrected chi connectivity index (χ3v) is 6.84. The molecule has 6 heteroatoms. The molecule has 4 rings (SSSR count). The molecule has 2 aromatic carbocycles. The molecule has 0 radical (unpaired) electrons. The Bertz CT molecular complexity index is 1080. The predicted molar refractivity (Wildman–Crippen MR) is 112 cm³/mol. The van der Waals surface area contributed by atoms with Gasteiger partial charge in [-0.3, -0.25) is 4.31 Å². The Morgan fingerprint density at radius 3 is 2.21 bits per heavy atom. The van der Waals surface area contributed by atoms with Crippen molar-refractivity contribution >= 4 is 21.5 Å². The average molecular weight is 394 g/mol. The lowest BCUT2D eigenvalue weighted by molar-refractivity contribution is 0.587. The lowest BCUT2D eigenvalue weighted by atomic mass is 10.1. The molecule has 0 saturated carbocycles. The van der Waals surface area contributed by atoms with Crippen molar-refractivity contribution in [2.75, 3.05) is 22.3 Å². The highest BCUT2D eigenvalue weighted by Gasteiger charge is 2.32. The molecule has 0 spiro atoms. The van der Waals surface area contributed by atoms with Gasteiger partial charge in [-0.2, -0.15) is 0 Å². The van der Waals surface area contributed by atoms with E-state index in [1.807, 2.05) is 25.1 Å². The van der Waals surface area contributed by atoms with E-state index < -0.39 is 10.0 Å². The molecule has 5 nitrogen and oxygen atoms in total. The highest BCUT2D eigenvalue weighted by atomic mass is 32.2. The zero-order valence-electron chi connectivity index (χ0n) is 16.0. The van der Waals surface area contributed by atoms with Gasteiger partial charge in [0.2, 0.25) is 0 Å². The summed E-state index contributed by atoms with van der Waals surface area (Å²) in [5.41, 5.74) is 4.05. The molecule has 0 aliphatic carbocycles. The number of fused-ring (bicyclic) bond motifs is 1. The highest BCUT2D eigenvalue weighted by Crippen LogP contribution is 2.35. The molecule has 0 saturated heterocycles. The van der Waals surface area contributed by atoms with E-state index in [0.29, 0.717) is 36.0 Å². The van der Waals surface area contributed by atoms with Gasteiger partial charge in [0.25, 0.3) is 10.0 Å². The number of rotatable bonds is 4. The van der Waals surface area contributed by atoms with Crippen LogP contribution in [0.15, 0.2) is 71.8 Å². The molecule has 0 fully saturated rings. The van der Waals surface area contributed by atoms with Crippen LogP contribution in [0.1, 0.15) is 16.7 Å². The van der Waals surface area contributed by atoms with Crippen molar-refractivity contribution in [1.82, 2.24) is 4.98 Å². The maximum Gasteiger partial charge on any atom is 0.264 e. The molecule has 0 amide bonds. The van der Waals surface area contributed by atoms with Crippen LogP contribution in [0.5, 0.6) is 0 Å². The topological polar surface area (TPSA) is 53.5 Å². The van der Waals surface area contributed by atoms with Gasteiger partial charge in [0, 0.05) is 19.3 Å². The molecule has 1 aromatic heterocycles. The summed E-state index contributed by atoms with van der Waals surface area (Å²) in [6.07, 6.45) is 1.71. The molecule has 0 bridgehead atoms. The van der Waals surface area contributed by atoms with Crippen molar-refractivity contribution in [3.63, 3.8) is 0 Å². The fraction of sp³-hybridized carbons (Fsp3) is 0.227. The Kier molecular flexibility index (Phi) is 4.81. The van der Waals surface area contributed by atoms with Crippen LogP contribution < -0.4 is 9.21 Å². The first-order valence-electron chi connectivity index (χ1n) is 9.30. The maximum atomic E-state index is 13.2. The van der Waals surface area contributed by atoms with Crippen LogP contribution in [0.3, 0.4) is 0 Å². The van der Waals surface area contributed by atoms with Crippen molar-refractivity contribution < 1.29 is 8.42 Å². The van der Waals surface area contributed by atoms with Crippen LogP contribution in [0, 0.1) is 13.8 Å². The Labute approximate surface area is 166 Å². The van der Waals surface area contributed by atoms with E-state index >= 15 is 0 Å². The lowest BCUT2D eigenvalue weighted by Crippen LogP contribution is -2.44. The number of sulfonamides is 1. The largest absolute Gasteiger partial charge is 0.349 e. The minimum atomic E-state index is -3.63. The number of aryl methyl sites for hydroxylation is 2. The van der Waals surface area contributed by atoms with E-state index in [1.165, 1.54) is 15.4 Å². The van der Waals surface area contributed by atoms with E-state index in [4.69, 9.17) is 0 Å². The summed E-state index contributed by atoms with van der Waals surface area (Å²) >= 11 is 0. The van der Waals surface area contributed by atoms with Gasteiger partial charge in [-0.1, -0.05) is 47.5 Å². The van der Waals surface area contributed by atoms with Crippen LogP contribution in [-0.2, 0) is 16.6 Å². The predicted octanol–water partition coefficient (Wildman–Crippen LogP) is 3.91. The number of pyridine rings is 1. The first-order valence-corrected chi connectivity index (χ1v) is 10.7. The zero-order chi connectivity index (χ0) is 19.7. The fourth-order valence-electron chi connectivity index (χ4n) is 3.42. The Balaban J connectivity index is 1.68. The van der Waals surface area contributed by atoms with E-state index in [9.17, 15) is 8.42 Å². The van der Waals surface area contributed by atoms with Gasteiger partial charge in [0.05, 0.1) is 17.1 Å². The summed E-state index contributed by atoms with van der Waals surface area (Å²) in [5, 5.41) is 0. The number of anilines is 2. The SMILES string of the molecule is Cc1ccc(CN2CCN(S(=O)(=O)c3ccc(C)cc3)c3cccnc32)cc1. The van der Waals surface area contributed by atoms with Gasteiger partial charge in [-0.25, -0.2) is 13.4 Å². The van der Waals surface area contributed by atoms with Gasteiger partial charge in [0.1, 0.15) is 0 Å². The summed E-state index contributed by atoms with van der Waals surface area (Å²) in [5.74, 6) is 0.699. The molecule has 0 N–H and O–H groups in total. The van der Waals surface area contributed by atoms with E-state index in [1.54, 1.807) is 24.4 Å². The molecule has 1 aliphatic heterocycles. The quantitative estimate of drug-likeness (QED) is 0.674.